The molecule has 0 saturated heterocycles. The SMILES string of the molecule is CC(C)(C)C1CC(=O)CC(O)C1. The van der Waals surface area contributed by atoms with Crippen molar-refractivity contribution in [1.29, 1.82) is 0 Å². The van der Waals surface area contributed by atoms with E-state index >= 15 is 0 Å². The Kier molecular flexibility index (Phi) is 2.57. The lowest BCUT2D eigenvalue weighted by atomic mass is 9.71. The van der Waals surface area contributed by atoms with Gasteiger partial charge < -0.3 is 5.11 Å². The maximum Gasteiger partial charge on any atom is 0.135 e. The van der Waals surface area contributed by atoms with Crippen LogP contribution in [0.15, 0.2) is 0 Å². The summed E-state index contributed by atoms with van der Waals surface area (Å²) in [5, 5.41) is 9.39. The summed E-state index contributed by atoms with van der Waals surface area (Å²) in [4.78, 5) is 11.2. The second kappa shape index (κ2) is 3.17. The van der Waals surface area contributed by atoms with E-state index in [-0.39, 0.29) is 11.2 Å². The van der Waals surface area contributed by atoms with Gasteiger partial charge >= 0.3 is 0 Å². The first-order chi connectivity index (χ1) is 5.39. The lowest BCUT2D eigenvalue weighted by Gasteiger charge is -2.35. The van der Waals surface area contributed by atoms with Gasteiger partial charge in [-0.3, -0.25) is 4.79 Å². The molecule has 2 unspecified atom stereocenters. The highest BCUT2D eigenvalue weighted by Crippen LogP contribution is 2.36. The molecule has 1 N–H and O–H groups in total. The molecule has 12 heavy (non-hydrogen) atoms. The summed E-state index contributed by atoms with van der Waals surface area (Å²) < 4.78 is 0. The normalized spacial score (nSPS) is 32.2. The minimum absolute atomic E-state index is 0.150. The lowest BCUT2D eigenvalue weighted by Crippen LogP contribution is -2.33. The third-order valence-electron chi connectivity index (χ3n) is 2.72. The second-order valence-electron chi connectivity index (χ2n) is 4.90. The van der Waals surface area contributed by atoms with Crippen LogP contribution in [-0.4, -0.2) is 17.0 Å². The largest absolute Gasteiger partial charge is 0.393 e. The number of carbonyl (C=O) groups excluding carboxylic acids is 1. The third-order valence-corrected chi connectivity index (χ3v) is 2.72. The molecule has 0 bridgehead atoms. The molecule has 0 aromatic carbocycles. The molecule has 1 saturated carbocycles. The zero-order valence-electron chi connectivity index (χ0n) is 8.13. The molecule has 2 nitrogen and oxygen atoms in total. The van der Waals surface area contributed by atoms with E-state index in [1.807, 2.05) is 0 Å². The monoisotopic (exact) mass is 170 g/mol. The van der Waals surface area contributed by atoms with Gasteiger partial charge in [-0.05, 0) is 17.8 Å². The van der Waals surface area contributed by atoms with Crippen molar-refractivity contribution in [3.63, 3.8) is 0 Å². The van der Waals surface area contributed by atoms with Gasteiger partial charge in [-0.1, -0.05) is 20.8 Å². The van der Waals surface area contributed by atoms with Crippen LogP contribution in [0.2, 0.25) is 0 Å². The molecule has 1 rings (SSSR count). The predicted octanol–water partition coefficient (Wildman–Crippen LogP) is 1.76. The van der Waals surface area contributed by atoms with Gasteiger partial charge in [-0.15, -0.1) is 0 Å². The second-order valence-corrected chi connectivity index (χ2v) is 4.90. The van der Waals surface area contributed by atoms with Crippen LogP contribution < -0.4 is 0 Å². The van der Waals surface area contributed by atoms with Crippen LogP contribution in [0.3, 0.4) is 0 Å². The summed E-state index contributed by atoms with van der Waals surface area (Å²) in [6.07, 6.45) is 1.41. The van der Waals surface area contributed by atoms with Crippen LogP contribution in [0, 0.1) is 11.3 Å². The van der Waals surface area contributed by atoms with Gasteiger partial charge in [0.25, 0.3) is 0 Å². The maximum atomic E-state index is 11.2. The lowest BCUT2D eigenvalue weighted by molar-refractivity contribution is -0.126. The fraction of sp³-hybridized carbons (Fsp3) is 0.900. The van der Waals surface area contributed by atoms with E-state index in [1.54, 1.807) is 0 Å². The van der Waals surface area contributed by atoms with Gasteiger partial charge in [-0.2, -0.15) is 0 Å². The number of hydrogen-bond acceptors (Lipinski definition) is 2. The van der Waals surface area contributed by atoms with Gasteiger partial charge in [0.2, 0.25) is 0 Å². The van der Waals surface area contributed by atoms with Crippen molar-refractivity contribution in [2.75, 3.05) is 0 Å². The van der Waals surface area contributed by atoms with E-state index in [9.17, 15) is 9.90 Å². The van der Waals surface area contributed by atoms with Crippen molar-refractivity contribution in [3.05, 3.63) is 0 Å². The number of hydrogen-bond donors (Lipinski definition) is 1. The maximum absolute atomic E-state index is 11.2. The summed E-state index contributed by atoms with van der Waals surface area (Å²) in [5.41, 5.74) is 0.150. The first kappa shape index (κ1) is 9.72. The molecule has 0 aromatic heterocycles. The average Bonchev–Trinajstić information content (AvgIpc) is 1.82. The Balaban J connectivity index is 2.62. The molecule has 0 spiro atoms. The minimum Gasteiger partial charge on any atom is -0.393 e. The smallest absolute Gasteiger partial charge is 0.135 e. The number of ketones is 1. The molecule has 0 aromatic rings. The van der Waals surface area contributed by atoms with Crippen LogP contribution in [-0.2, 0) is 4.79 Å². The Labute approximate surface area is 74.0 Å². The average molecular weight is 170 g/mol. The first-order valence-electron chi connectivity index (χ1n) is 4.59. The molecular formula is C10H18O2. The van der Waals surface area contributed by atoms with Crippen molar-refractivity contribution < 1.29 is 9.90 Å². The molecule has 1 aliphatic carbocycles. The topological polar surface area (TPSA) is 37.3 Å². The Hall–Kier alpha value is -0.370. The van der Waals surface area contributed by atoms with Gasteiger partial charge in [0.1, 0.15) is 5.78 Å². The third kappa shape index (κ3) is 2.31. The molecule has 1 fully saturated rings. The molecule has 0 radical (unpaired) electrons. The zero-order chi connectivity index (χ0) is 9.35. The summed E-state index contributed by atoms with van der Waals surface area (Å²) in [6, 6.07) is 0. The van der Waals surface area contributed by atoms with E-state index in [0.717, 1.165) is 6.42 Å². The molecule has 0 aliphatic heterocycles. The Morgan fingerprint density at radius 1 is 1.33 bits per heavy atom. The molecule has 0 amide bonds. The van der Waals surface area contributed by atoms with Crippen LogP contribution >= 0.6 is 0 Å². The number of aliphatic hydroxyl groups excluding tert-OH is 1. The Bertz CT molecular complexity index is 179. The van der Waals surface area contributed by atoms with Crippen LogP contribution in [0.1, 0.15) is 40.0 Å². The van der Waals surface area contributed by atoms with Crippen molar-refractivity contribution in [1.82, 2.24) is 0 Å². The summed E-state index contributed by atoms with van der Waals surface area (Å²) in [6.45, 7) is 6.38. The minimum atomic E-state index is -0.393. The molecule has 2 atom stereocenters. The molecule has 2 heteroatoms. The predicted molar refractivity (Wildman–Crippen MR) is 47.8 cm³/mol. The highest BCUT2D eigenvalue weighted by atomic mass is 16.3. The molecule has 70 valence electrons. The van der Waals surface area contributed by atoms with Crippen LogP contribution in [0.5, 0.6) is 0 Å². The number of carbonyl (C=O) groups is 1. The first-order valence-corrected chi connectivity index (χ1v) is 4.59. The summed E-state index contributed by atoms with van der Waals surface area (Å²) in [5.74, 6) is 0.572. The van der Waals surface area contributed by atoms with Gasteiger partial charge in [0, 0.05) is 12.8 Å². The number of aliphatic hydroxyl groups is 1. The van der Waals surface area contributed by atoms with E-state index < -0.39 is 6.10 Å². The molecule has 1 aliphatic rings. The van der Waals surface area contributed by atoms with E-state index in [2.05, 4.69) is 20.8 Å². The van der Waals surface area contributed by atoms with Gasteiger partial charge in [-0.25, -0.2) is 0 Å². The quantitative estimate of drug-likeness (QED) is 0.601. The van der Waals surface area contributed by atoms with Crippen LogP contribution in [0.25, 0.3) is 0 Å². The van der Waals surface area contributed by atoms with Crippen molar-refractivity contribution in [2.45, 2.75) is 46.1 Å². The molecular weight excluding hydrogens is 152 g/mol. The summed E-state index contributed by atoms with van der Waals surface area (Å²) in [7, 11) is 0. The van der Waals surface area contributed by atoms with Crippen molar-refractivity contribution >= 4 is 5.78 Å². The van der Waals surface area contributed by atoms with E-state index in [0.29, 0.717) is 18.8 Å². The van der Waals surface area contributed by atoms with E-state index in [1.165, 1.54) is 0 Å². The molecule has 0 heterocycles. The number of Topliss-reactive ketones (excluding diaryl/α,β-unsaturated/α-hetero) is 1. The standard InChI is InChI=1S/C10H18O2/c1-10(2,3)7-4-8(11)6-9(12)5-7/h7-8,11H,4-6H2,1-3H3. The highest BCUT2D eigenvalue weighted by molar-refractivity contribution is 5.80. The van der Waals surface area contributed by atoms with Gasteiger partial charge in [0.05, 0.1) is 6.10 Å². The zero-order valence-corrected chi connectivity index (χ0v) is 8.13. The van der Waals surface area contributed by atoms with Gasteiger partial charge in [0.15, 0.2) is 0 Å². The van der Waals surface area contributed by atoms with Crippen molar-refractivity contribution in [3.8, 4) is 0 Å². The Morgan fingerprint density at radius 2 is 1.92 bits per heavy atom. The Morgan fingerprint density at radius 3 is 2.33 bits per heavy atom. The fourth-order valence-corrected chi connectivity index (χ4v) is 1.78. The highest BCUT2D eigenvalue weighted by Gasteiger charge is 2.33. The number of rotatable bonds is 0. The van der Waals surface area contributed by atoms with E-state index in [4.69, 9.17) is 0 Å². The van der Waals surface area contributed by atoms with Crippen molar-refractivity contribution in [2.24, 2.45) is 11.3 Å². The summed E-state index contributed by atoms with van der Waals surface area (Å²) >= 11 is 0. The van der Waals surface area contributed by atoms with Crippen LogP contribution in [0.4, 0.5) is 0 Å². The fourth-order valence-electron chi connectivity index (χ4n) is 1.78.